The summed E-state index contributed by atoms with van der Waals surface area (Å²) in [6.45, 7) is 0.684. The van der Waals surface area contributed by atoms with E-state index in [1.807, 2.05) is 0 Å². The van der Waals surface area contributed by atoms with Crippen molar-refractivity contribution in [2.24, 2.45) is 0 Å². The largest absolute Gasteiger partial charge is 0.390 e. The minimum absolute atomic E-state index is 0.238. The third-order valence-corrected chi connectivity index (χ3v) is 2.80. The summed E-state index contributed by atoms with van der Waals surface area (Å²) in [5.74, 6) is -2.47. The van der Waals surface area contributed by atoms with Crippen molar-refractivity contribution < 1.29 is 13.9 Å². The molecule has 88 valence electrons. The Bertz CT molecular complexity index is 348. The fourth-order valence-corrected chi connectivity index (χ4v) is 1.83. The van der Waals surface area contributed by atoms with Gasteiger partial charge in [-0.05, 0) is 25.0 Å². The molecule has 0 atom stereocenters. The topological polar surface area (TPSA) is 36.4 Å². The van der Waals surface area contributed by atoms with Gasteiger partial charge in [0, 0.05) is 24.8 Å². The van der Waals surface area contributed by atoms with Crippen LogP contribution in [-0.4, -0.2) is 29.8 Å². The summed E-state index contributed by atoms with van der Waals surface area (Å²) in [6.07, 6.45) is 3.39. The van der Waals surface area contributed by atoms with Crippen molar-refractivity contribution >= 4 is 5.82 Å². The predicted molar refractivity (Wildman–Crippen MR) is 56.7 cm³/mol. The molecule has 0 aliphatic carbocycles. The monoisotopic (exact) mass is 228 g/mol. The van der Waals surface area contributed by atoms with Gasteiger partial charge in [0.05, 0.1) is 0 Å². The molecule has 1 saturated heterocycles. The van der Waals surface area contributed by atoms with Gasteiger partial charge < -0.3 is 10.0 Å². The minimum Gasteiger partial charge on any atom is -0.390 e. The van der Waals surface area contributed by atoms with Crippen LogP contribution in [0.4, 0.5) is 14.6 Å². The molecule has 1 aliphatic heterocycles. The summed E-state index contributed by atoms with van der Waals surface area (Å²) < 4.78 is 26.2. The molecule has 16 heavy (non-hydrogen) atoms. The number of aromatic nitrogens is 1. The molecule has 0 radical (unpaired) electrons. The molecule has 0 spiro atoms. The third-order valence-electron chi connectivity index (χ3n) is 2.80. The molecule has 1 fully saturated rings. The molecule has 0 unspecified atom stereocenters. The maximum absolute atomic E-state index is 13.1. The van der Waals surface area contributed by atoms with Gasteiger partial charge in [-0.1, -0.05) is 0 Å². The van der Waals surface area contributed by atoms with Gasteiger partial charge in [0.15, 0.2) is 0 Å². The van der Waals surface area contributed by atoms with Gasteiger partial charge in [-0.2, -0.15) is 8.78 Å². The first-order chi connectivity index (χ1) is 7.63. The molecule has 0 aromatic carbocycles. The van der Waals surface area contributed by atoms with Gasteiger partial charge in [0.2, 0.25) is 0 Å². The van der Waals surface area contributed by atoms with Crippen LogP contribution in [-0.2, 0) is 5.92 Å². The van der Waals surface area contributed by atoms with Crippen LogP contribution < -0.4 is 4.90 Å². The highest BCUT2D eigenvalue weighted by Gasteiger charge is 2.30. The minimum atomic E-state index is -3.20. The van der Waals surface area contributed by atoms with E-state index in [4.69, 9.17) is 5.11 Å². The number of aliphatic hydroxyl groups excluding tert-OH is 1. The summed E-state index contributed by atoms with van der Waals surface area (Å²) >= 11 is 0. The molecule has 2 rings (SSSR count). The molecule has 2 heterocycles. The molecular formula is C11H14F2N2O. The Morgan fingerprint density at radius 3 is 2.50 bits per heavy atom. The smallest absolute Gasteiger partial charge is 0.297 e. The lowest BCUT2D eigenvalue weighted by Crippen LogP contribution is -2.21. The summed E-state index contributed by atoms with van der Waals surface area (Å²) in [5.41, 5.74) is -0.238. The first kappa shape index (κ1) is 11.3. The average molecular weight is 228 g/mol. The zero-order valence-corrected chi connectivity index (χ0v) is 8.87. The molecule has 1 aromatic heterocycles. The van der Waals surface area contributed by atoms with Crippen molar-refractivity contribution in [3.63, 3.8) is 0 Å². The summed E-state index contributed by atoms with van der Waals surface area (Å²) in [5, 5.41) is 8.54. The average Bonchev–Trinajstić information content (AvgIpc) is 2.83. The van der Waals surface area contributed by atoms with E-state index in [1.54, 1.807) is 6.07 Å². The number of alkyl halides is 2. The lowest BCUT2D eigenvalue weighted by atomic mass is 10.1. The number of halogens is 2. The normalized spacial score (nSPS) is 16.8. The lowest BCUT2D eigenvalue weighted by molar-refractivity contribution is -0.0558. The zero-order valence-electron chi connectivity index (χ0n) is 8.87. The number of hydrogen-bond donors (Lipinski definition) is 1. The molecule has 3 nitrogen and oxygen atoms in total. The van der Waals surface area contributed by atoms with E-state index in [1.165, 1.54) is 6.07 Å². The quantitative estimate of drug-likeness (QED) is 0.856. The first-order valence-corrected chi connectivity index (χ1v) is 5.33. The molecule has 1 aliphatic rings. The van der Waals surface area contributed by atoms with Crippen molar-refractivity contribution in [2.75, 3.05) is 24.6 Å². The van der Waals surface area contributed by atoms with E-state index in [0.29, 0.717) is 0 Å². The SMILES string of the molecule is OCC(F)(F)c1ccc(N2CCCC2)nc1. The van der Waals surface area contributed by atoms with E-state index in [0.717, 1.165) is 37.9 Å². The number of hydrogen-bond acceptors (Lipinski definition) is 3. The number of pyridine rings is 1. The van der Waals surface area contributed by atoms with Gasteiger partial charge >= 0.3 is 0 Å². The highest BCUT2D eigenvalue weighted by molar-refractivity contribution is 5.40. The maximum Gasteiger partial charge on any atom is 0.297 e. The van der Waals surface area contributed by atoms with Crippen LogP contribution >= 0.6 is 0 Å². The Hall–Kier alpha value is -1.23. The van der Waals surface area contributed by atoms with E-state index in [2.05, 4.69) is 9.88 Å². The van der Waals surface area contributed by atoms with Crippen molar-refractivity contribution in [1.29, 1.82) is 0 Å². The fraction of sp³-hybridized carbons (Fsp3) is 0.545. The molecule has 1 aromatic rings. The van der Waals surface area contributed by atoms with Crippen LogP contribution in [0.1, 0.15) is 18.4 Å². The zero-order chi connectivity index (χ0) is 11.6. The van der Waals surface area contributed by atoms with Gasteiger partial charge in [0.1, 0.15) is 12.4 Å². The number of anilines is 1. The molecule has 0 saturated carbocycles. The Balaban J connectivity index is 2.15. The second-order valence-electron chi connectivity index (χ2n) is 3.96. The van der Waals surface area contributed by atoms with E-state index in [-0.39, 0.29) is 5.56 Å². The van der Waals surface area contributed by atoms with Crippen LogP contribution in [0.5, 0.6) is 0 Å². The van der Waals surface area contributed by atoms with Crippen LogP contribution in [0.3, 0.4) is 0 Å². The molecule has 5 heteroatoms. The van der Waals surface area contributed by atoms with E-state index >= 15 is 0 Å². The van der Waals surface area contributed by atoms with Crippen molar-refractivity contribution in [3.8, 4) is 0 Å². The molecular weight excluding hydrogens is 214 g/mol. The summed E-state index contributed by atoms with van der Waals surface area (Å²) in [7, 11) is 0. The van der Waals surface area contributed by atoms with Crippen LogP contribution in [0.15, 0.2) is 18.3 Å². The molecule has 0 bridgehead atoms. The van der Waals surface area contributed by atoms with Crippen LogP contribution in [0.25, 0.3) is 0 Å². The van der Waals surface area contributed by atoms with Crippen LogP contribution in [0.2, 0.25) is 0 Å². The van der Waals surface area contributed by atoms with Crippen molar-refractivity contribution in [1.82, 2.24) is 4.98 Å². The van der Waals surface area contributed by atoms with Crippen LogP contribution in [0, 0.1) is 0 Å². The number of nitrogens with zero attached hydrogens (tertiary/aromatic N) is 2. The standard InChI is InChI=1S/C11H14F2N2O/c12-11(13,8-16)9-3-4-10(14-7-9)15-5-1-2-6-15/h3-4,7,16H,1-2,5-6,8H2. The fourth-order valence-electron chi connectivity index (χ4n) is 1.83. The van der Waals surface area contributed by atoms with E-state index in [9.17, 15) is 8.78 Å². The van der Waals surface area contributed by atoms with Gasteiger partial charge in [-0.3, -0.25) is 0 Å². The van der Waals surface area contributed by atoms with Gasteiger partial charge in [-0.15, -0.1) is 0 Å². The Morgan fingerprint density at radius 2 is 2.00 bits per heavy atom. The van der Waals surface area contributed by atoms with Crippen molar-refractivity contribution in [3.05, 3.63) is 23.9 Å². The second-order valence-corrected chi connectivity index (χ2v) is 3.96. The summed E-state index contributed by atoms with van der Waals surface area (Å²) in [6, 6.07) is 2.92. The van der Waals surface area contributed by atoms with Gasteiger partial charge in [-0.25, -0.2) is 4.98 Å². The highest BCUT2D eigenvalue weighted by Crippen LogP contribution is 2.28. The second kappa shape index (κ2) is 4.33. The third kappa shape index (κ3) is 2.14. The van der Waals surface area contributed by atoms with E-state index < -0.39 is 12.5 Å². The highest BCUT2D eigenvalue weighted by atomic mass is 19.3. The van der Waals surface area contributed by atoms with Gasteiger partial charge in [0.25, 0.3) is 5.92 Å². The lowest BCUT2D eigenvalue weighted by Gasteiger charge is -2.18. The summed E-state index contributed by atoms with van der Waals surface area (Å²) in [4.78, 5) is 6.08. The first-order valence-electron chi connectivity index (χ1n) is 5.33. The predicted octanol–water partition coefficient (Wildman–Crippen LogP) is 1.77. The Labute approximate surface area is 92.7 Å². The maximum atomic E-state index is 13.1. The Morgan fingerprint density at radius 1 is 1.31 bits per heavy atom. The number of rotatable bonds is 3. The Kier molecular flexibility index (Phi) is 3.05. The molecule has 0 amide bonds. The molecule has 1 N–H and O–H groups in total. The number of aliphatic hydroxyl groups is 1. The van der Waals surface area contributed by atoms with Crippen molar-refractivity contribution in [2.45, 2.75) is 18.8 Å².